The molecule has 0 aliphatic heterocycles. The van der Waals surface area contributed by atoms with Crippen LogP contribution < -0.4 is 5.32 Å². The Bertz CT molecular complexity index is 691. The van der Waals surface area contributed by atoms with Gasteiger partial charge in [-0.25, -0.2) is 4.37 Å². The summed E-state index contributed by atoms with van der Waals surface area (Å²) in [5, 5.41) is 2.91. The number of nitrogens with one attached hydrogen (secondary N) is 1. The molecule has 0 atom stereocenters. The molecule has 0 aliphatic rings. The third-order valence-electron chi connectivity index (χ3n) is 2.97. The Morgan fingerprint density at radius 1 is 1.19 bits per heavy atom. The van der Waals surface area contributed by atoms with E-state index in [1.165, 1.54) is 11.5 Å². The molecule has 21 heavy (non-hydrogen) atoms. The fraction of sp³-hybridized carbons (Fsp3) is 0.133. The van der Waals surface area contributed by atoms with Gasteiger partial charge in [0.25, 0.3) is 0 Å². The topological polar surface area (TPSA) is 54.9 Å². The van der Waals surface area contributed by atoms with Crippen molar-refractivity contribution in [2.45, 2.75) is 12.8 Å². The van der Waals surface area contributed by atoms with Crippen molar-refractivity contribution < 1.29 is 4.79 Å². The number of carbonyl (C=O) groups is 1. The number of benzene rings is 1. The van der Waals surface area contributed by atoms with Crippen molar-refractivity contribution in [3.63, 3.8) is 0 Å². The summed E-state index contributed by atoms with van der Waals surface area (Å²) in [6.07, 6.45) is 4.80. The third kappa shape index (κ3) is 3.74. The number of nitrogens with zero attached hydrogens (tertiary/aromatic N) is 2. The predicted molar refractivity (Wildman–Crippen MR) is 86.6 cm³/mol. The van der Waals surface area contributed by atoms with Gasteiger partial charge in [-0.3, -0.25) is 9.78 Å². The van der Waals surface area contributed by atoms with Crippen molar-refractivity contribution in [1.82, 2.24) is 9.36 Å². The standard InChI is InChI=1S/C15H13N3OS2/c19-15(6-5-13-9-16-10-20-13)18-12-3-1-11(2-4-12)14-7-8-17-21-14/h1-4,7-10H,5-6H2,(H,18,19). The second kappa shape index (κ2) is 6.60. The summed E-state index contributed by atoms with van der Waals surface area (Å²) >= 11 is 3.04. The van der Waals surface area contributed by atoms with Crippen molar-refractivity contribution in [3.8, 4) is 10.4 Å². The molecule has 1 amide bonds. The molecule has 2 heterocycles. The first kappa shape index (κ1) is 13.9. The molecule has 0 unspecified atom stereocenters. The van der Waals surface area contributed by atoms with Gasteiger partial charge in [-0.15, -0.1) is 11.3 Å². The molecular formula is C15H13N3OS2. The van der Waals surface area contributed by atoms with E-state index in [1.54, 1.807) is 23.0 Å². The van der Waals surface area contributed by atoms with E-state index in [-0.39, 0.29) is 5.91 Å². The van der Waals surface area contributed by atoms with Crippen LogP contribution in [0.25, 0.3) is 10.4 Å². The number of amides is 1. The molecule has 0 spiro atoms. The van der Waals surface area contributed by atoms with Crippen LogP contribution in [0.3, 0.4) is 0 Å². The summed E-state index contributed by atoms with van der Waals surface area (Å²) in [5.41, 5.74) is 3.71. The highest BCUT2D eigenvalue weighted by atomic mass is 32.1. The van der Waals surface area contributed by atoms with Crippen LogP contribution in [0.5, 0.6) is 0 Å². The normalized spacial score (nSPS) is 10.5. The molecule has 106 valence electrons. The molecule has 3 rings (SSSR count). The lowest BCUT2D eigenvalue weighted by Gasteiger charge is -2.05. The lowest BCUT2D eigenvalue weighted by atomic mass is 10.1. The number of aryl methyl sites for hydroxylation is 1. The summed E-state index contributed by atoms with van der Waals surface area (Å²) in [6, 6.07) is 9.80. The maximum absolute atomic E-state index is 11.9. The highest BCUT2D eigenvalue weighted by Crippen LogP contribution is 2.24. The van der Waals surface area contributed by atoms with E-state index in [9.17, 15) is 4.79 Å². The maximum Gasteiger partial charge on any atom is 0.224 e. The summed E-state index contributed by atoms with van der Waals surface area (Å²) in [6.45, 7) is 0. The summed E-state index contributed by atoms with van der Waals surface area (Å²) < 4.78 is 4.09. The Balaban J connectivity index is 1.56. The minimum atomic E-state index is 0.0222. The SMILES string of the molecule is O=C(CCc1cncs1)Nc1ccc(-c2ccns2)cc1. The smallest absolute Gasteiger partial charge is 0.224 e. The van der Waals surface area contributed by atoms with E-state index in [0.29, 0.717) is 6.42 Å². The summed E-state index contributed by atoms with van der Waals surface area (Å²) in [7, 11) is 0. The van der Waals surface area contributed by atoms with E-state index in [0.717, 1.165) is 27.4 Å². The van der Waals surface area contributed by atoms with Crippen LogP contribution in [0.15, 0.2) is 48.2 Å². The monoisotopic (exact) mass is 315 g/mol. The van der Waals surface area contributed by atoms with Crippen LogP contribution in [-0.4, -0.2) is 15.3 Å². The Kier molecular flexibility index (Phi) is 4.37. The molecule has 2 aromatic heterocycles. The molecule has 0 fully saturated rings. The zero-order valence-electron chi connectivity index (χ0n) is 11.2. The first-order valence-electron chi connectivity index (χ1n) is 6.49. The second-order valence-corrected chi connectivity index (χ2v) is 6.27. The molecule has 0 aliphatic carbocycles. The number of thiazole rings is 1. The minimum absolute atomic E-state index is 0.0222. The molecule has 0 saturated carbocycles. The van der Waals surface area contributed by atoms with Gasteiger partial charge in [-0.1, -0.05) is 12.1 Å². The summed E-state index contributed by atoms with van der Waals surface area (Å²) in [5.74, 6) is 0.0222. The lowest BCUT2D eigenvalue weighted by Crippen LogP contribution is -2.11. The number of anilines is 1. The third-order valence-corrected chi connectivity index (χ3v) is 4.61. The number of hydrogen-bond donors (Lipinski definition) is 1. The molecule has 0 saturated heterocycles. The molecule has 0 bridgehead atoms. The average molecular weight is 315 g/mol. The van der Waals surface area contributed by atoms with Gasteiger partial charge >= 0.3 is 0 Å². The van der Waals surface area contributed by atoms with E-state index in [1.807, 2.05) is 36.5 Å². The predicted octanol–water partition coefficient (Wildman–Crippen LogP) is 3.84. The van der Waals surface area contributed by atoms with E-state index < -0.39 is 0 Å². The second-order valence-electron chi connectivity index (χ2n) is 4.47. The zero-order valence-corrected chi connectivity index (χ0v) is 12.8. The highest BCUT2D eigenvalue weighted by Gasteiger charge is 2.05. The number of carbonyl (C=O) groups excluding carboxylic acids is 1. The quantitative estimate of drug-likeness (QED) is 0.778. The summed E-state index contributed by atoms with van der Waals surface area (Å²) in [4.78, 5) is 18.1. The Labute approximate surface area is 130 Å². The average Bonchev–Trinajstić information content (AvgIpc) is 3.19. The molecule has 1 aromatic carbocycles. The van der Waals surface area contributed by atoms with Gasteiger partial charge in [0, 0.05) is 29.4 Å². The van der Waals surface area contributed by atoms with Gasteiger partial charge in [0.1, 0.15) is 0 Å². The molecular weight excluding hydrogens is 302 g/mol. The van der Waals surface area contributed by atoms with Crippen molar-refractivity contribution >= 4 is 34.5 Å². The molecule has 4 nitrogen and oxygen atoms in total. The lowest BCUT2D eigenvalue weighted by molar-refractivity contribution is -0.116. The maximum atomic E-state index is 11.9. The van der Waals surface area contributed by atoms with Crippen LogP contribution in [0, 0.1) is 0 Å². The van der Waals surface area contributed by atoms with Crippen molar-refractivity contribution in [3.05, 3.63) is 53.1 Å². The highest BCUT2D eigenvalue weighted by molar-refractivity contribution is 7.09. The minimum Gasteiger partial charge on any atom is -0.326 e. The largest absolute Gasteiger partial charge is 0.326 e. The van der Waals surface area contributed by atoms with Crippen LogP contribution in [0.1, 0.15) is 11.3 Å². The van der Waals surface area contributed by atoms with Crippen molar-refractivity contribution in [2.24, 2.45) is 0 Å². The van der Waals surface area contributed by atoms with Gasteiger partial charge in [-0.05, 0) is 41.7 Å². The van der Waals surface area contributed by atoms with Crippen LogP contribution in [0.2, 0.25) is 0 Å². The molecule has 6 heteroatoms. The van der Waals surface area contributed by atoms with Gasteiger partial charge in [0.2, 0.25) is 5.91 Å². The molecule has 0 radical (unpaired) electrons. The van der Waals surface area contributed by atoms with Crippen molar-refractivity contribution in [1.29, 1.82) is 0 Å². The van der Waals surface area contributed by atoms with Crippen molar-refractivity contribution in [2.75, 3.05) is 5.32 Å². The Morgan fingerprint density at radius 2 is 2.05 bits per heavy atom. The zero-order chi connectivity index (χ0) is 14.5. The number of aromatic nitrogens is 2. The van der Waals surface area contributed by atoms with Gasteiger partial charge in [-0.2, -0.15) is 0 Å². The van der Waals surface area contributed by atoms with Gasteiger partial charge in [0.15, 0.2) is 0 Å². The first-order chi connectivity index (χ1) is 10.3. The molecule has 3 aromatic rings. The van der Waals surface area contributed by atoms with Crippen LogP contribution >= 0.6 is 22.9 Å². The number of hydrogen-bond acceptors (Lipinski definition) is 5. The fourth-order valence-corrected chi connectivity index (χ4v) is 3.11. The first-order valence-corrected chi connectivity index (χ1v) is 8.15. The number of rotatable bonds is 5. The Morgan fingerprint density at radius 3 is 2.71 bits per heavy atom. The van der Waals surface area contributed by atoms with Crippen LogP contribution in [0.4, 0.5) is 5.69 Å². The van der Waals surface area contributed by atoms with Gasteiger partial charge < -0.3 is 5.32 Å². The van der Waals surface area contributed by atoms with Crippen LogP contribution in [-0.2, 0) is 11.2 Å². The Hall–Kier alpha value is -2.05. The van der Waals surface area contributed by atoms with E-state index >= 15 is 0 Å². The molecule has 1 N–H and O–H groups in total. The van der Waals surface area contributed by atoms with E-state index in [4.69, 9.17) is 0 Å². The van der Waals surface area contributed by atoms with E-state index in [2.05, 4.69) is 14.7 Å². The van der Waals surface area contributed by atoms with Gasteiger partial charge in [0.05, 0.1) is 10.4 Å². The fourth-order valence-electron chi connectivity index (χ4n) is 1.91.